The monoisotopic (exact) mass is 604 g/mol. The molecule has 3 aromatic rings. The third-order valence-electron chi connectivity index (χ3n) is 8.06. The molecular formula is C36H48O6Si. The lowest BCUT2D eigenvalue weighted by atomic mass is 10.0. The standard InChI is InChI=1S/C36H48O6Si/c1-27(2)43(28(3)4,29(5)6)42-34(23-38)36(41-26-32-20-14-9-15-21-32)35(40-25-31-18-12-8-13-19-31)33(22-37)39-24-30-16-10-7-11-17-30/h7-21,27-29,33-38H,24-26H2,1-6H3/t33-,34-,35+,36+/m0/s1. The second-order valence-corrected chi connectivity index (χ2v) is 17.3. The second-order valence-electron chi connectivity index (χ2n) is 11.9. The van der Waals surface area contributed by atoms with E-state index in [2.05, 4.69) is 54.8 Å². The van der Waals surface area contributed by atoms with Crippen molar-refractivity contribution in [2.75, 3.05) is 0 Å². The molecule has 0 aliphatic heterocycles. The zero-order chi connectivity index (χ0) is 31.2. The molecule has 0 spiro atoms. The van der Waals surface area contributed by atoms with Crippen LogP contribution in [0.5, 0.6) is 0 Å². The van der Waals surface area contributed by atoms with Crippen molar-refractivity contribution in [2.24, 2.45) is 0 Å². The van der Waals surface area contributed by atoms with E-state index in [1.54, 1.807) is 0 Å². The van der Waals surface area contributed by atoms with E-state index in [1.165, 1.54) is 0 Å². The predicted molar refractivity (Wildman–Crippen MR) is 171 cm³/mol. The molecule has 3 aromatic carbocycles. The largest absolute Gasteiger partial charge is 0.407 e. The number of hydrogen-bond acceptors (Lipinski definition) is 6. The first kappa shape index (κ1) is 35.1. The summed E-state index contributed by atoms with van der Waals surface area (Å²) in [7, 11) is -2.51. The fraction of sp³-hybridized carbons (Fsp3) is 0.444. The third kappa shape index (κ3) is 9.81. The van der Waals surface area contributed by atoms with Gasteiger partial charge in [-0.05, 0) is 33.3 Å². The molecule has 0 aliphatic carbocycles. The Labute approximate surface area is 260 Å². The molecule has 0 bridgehead atoms. The molecule has 4 atom stereocenters. The SMILES string of the molecule is CC(C)[Si](O[C@@H]([C]O)[C@@H](OCc1ccccc1)[C@H](OCc1ccccc1)[C@H]([C]O)OCc1ccccc1)(C(C)C)C(C)C. The lowest BCUT2D eigenvalue weighted by Crippen LogP contribution is -2.56. The summed E-state index contributed by atoms with van der Waals surface area (Å²) in [6.07, 6.45) is -3.78. The molecular weight excluding hydrogens is 556 g/mol. The van der Waals surface area contributed by atoms with Gasteiger partial charge in [0.15, 0.2) is 13.2 Å². The molecule has 7 heteroatoms. The highest BCUT2D eigenvalue weighted by molar-refractivity contribution is 6.77. The van der Waals surface area contributed by atoms with Crippen LogP contribution in [-0.2, 0) is 38.5 Å². The number of aliphatic hydroxyl groups excluding tert-OH is 2. The topological polar surface area (TPSA) is 77.4 Å². The minimum absolute atomic E-state index is 0.219. The van der Waals surface area contributed by atoms with Gasteiger partial charge in [-0.3, -0.25) is 0 Å². The molecule has 6 nitrogen and oxygen atoms in total. The molecule has 0 saturated carbocycles. The highest BCUT2D eigenvalue weighted by Gasteiger charge is 2.50. The quantitative estimate of drug-likeness (QED) is 0.135. The molecule has 0 saturated heterocycles. The van der Waals surface area contributed by atoms with Gasteiger partial charge in [0.25, 0.3) is 0 Å². The Balaban J connectivity index is 2.03. The number of aliphatic hydroxyl groups is 2. The van der Waals surface area contributed by atoms with Crippen LogP contribution >= 0.6 is 0 Å². The molecule has 0 unspecified atom stereocenters. The minimum atomic E-state index is -2.51. The zero-order valence-electron chi connectivity index (χ0n) is 26.4. The maximum absolute atomic E-state index is 10.7. The van der Waals surface area contributed by atoms with Crippen molar-refractivity contribution in [1.82, 2.24) is 0 Å². The smallest absolute Gasteiger partial charge is 0.201 e. The van der Waals surface area contributed by atoms with Crippen molar-refractivity contribution >= 4 is 8.32 Å². The van der Waals surface area contributed by atoms with Crippen molar-refractivity contribution in [3.8, 4) is 0 Å². The maximum atomic E-state index is 10.7. The van der Waals surface area contributed by atoms with Gasteiger partial charge in [-0.15, -0.1) is 0 Å². The first-order chi connectivity index (χ1) is 20.7. The summed E-state index contributed by atoms with van der Waals surface area (Å²) in [6, 6.07) is 29.3. The highest BCUT2D eigenvalue weighted by atomic mass is 28.4. The van der Waals surface area contributed by atoms with Crippen molar-refractivity contribution in [1.29, 1.82) is 0 Å². The maximum Gasteiger partial charge on any atom is 0.201 e. The van der Waals surface area contributed by atoms with Gasteiger partial charge in [0, 0.05) is 0 Å². The molecule has 0 aliphatic rings. The number of hydrogen-bond donors (Lipinski definition) is 2. The van der Waals surface area contributed by atoms with Gasteiger partial charge in [-0.1, -0.05) is 133 Å². The van der Waals surface area contributed by atoms with Gasteiger partial charge >= 0.3 is 0 Å². The van der Waals surface area contributed by atoms with E-state index < -0.39 is 32.7 Å². The predicted octanol–water partition coefficient (Wildman–Crippen LogP) is 8.13. The van der Waals surface area contributed by atoms with Crippen LogP contribution in [0.1, 0.15) is 58.2 Å². The molecule has 232 valence electrons. The lowest BCUT2D eigenvalue weighted by molar-refractivity contribution is -0.175. The molecule has 3 rings (SSSR count). The normalized spacial score (nSPS) is 15.1. The van der Waals surface area contributed by atoms with Crippen LogP contribution in [0.25, 0.3) is 0 Å². The summed E-state index contributed by atoms with van der Waals surface area (Å²) >= 11 is 0. The molecule has 2 N–H and O–H groups in total. The Bertz CT molecular complexity index is 1120. The Morgan fingerprint density at radius 2 is 0.837 bits per heavy atom. The van der Waals surface area contributed by atoms with Gasteiger partial charge in [-0.2, -0.15) is 0 Å². The average Bonchev–Trinajstić information content (AvgIpc) is 3.01. The molecule has 4 radical (unpaired) electrons. The summed E-state index contributed by atoms with van der Waals surface area (Å²) in [5, 5.41) is 21.1. The second kappa shape index (κ2) is 17.8. The molecule has 0 heterocycles. The number of rotatable bonds is 19. The average molecular weight is 605 g/mol. The van der Waals surface area contributed by atoms with E-state index in [0.717, 1.165) is 16.7 Å². The van der Waals surface area contributed by atoms with E-state index in [-0.39, 0.29) is 36.4 Å². The van der Waals surface area contributed by atoms with Gasteiger partial charge in [0.05, 0.1) is 19.8 Å². The van der Waals surface area contributed by atoms with Crippen LogP contribution < -0.4 is 0 Å². The number of benzene rings is 3. The van der Waals surface area contributed by atoms with Gasteiger partial charge in [-0.25, -0.2) is 0 Å². The van der Waals surface area contributed by atoms with Gasteiger partial charge < -0.3 is 28.8 Å². The Morgan fingerprint density at radius 3 is 1.16 bits per heavy atom. The van der Waals surface area contributed by atoms with E-state index in [4.69, 9.17) is 18.6 Å². The molecule has 0 aromatic heterocycles. The van der Waals surface area contributed by atoms with Crippen molar-refractivity contribution in [3.05, 3.63) is 121 Å². The van der Waals surface area contributed by atoms with Crippen LogP contribution in [0.3, 0.4) is 0 Å². The van der Waals surface area contributed by atoms with Gasteiger partial charge in [0.1, 0.15) is 24.4 Å². The lowest BCUT2D eigenvalue weighted by Gasteiger charge is -2.46. The van der Waals surface area contributed by atoms with Crippen molar-refractivity contribution < 1.29 is 28.8 Å². The van der Waals surface area contributed by atoms with E-state index in [0.29, 0.717) is 0 Å². The third-order valence-corrected chi connectivity index (χ3v) is 14.1. The van der Waals surface area contributed by atoms with E-state index in [9.17, 15) is 10.2 Å². The van der Waals surface area contributed by atoms with Crippen LogP contribution in [0.15, 0.2) is 91.0 Å². The van der Waals surface area contributed by atoms with Crippen LogP contribution in [0.2, 0.25) is 16.6 Å². The Hall–Kier alpha value is -2.36. The Kier molecular flexibility index (Phi) is 14.5. The van der Waals surface area contributed by atoms with Crippen LogP contribution in [0, 0.1) is 13.2 Å². The number of ether oxygens (including phenoxy) is 3. The molecule has 0 amide bonds. The zero-order valence-corrected chi connectivity index (χ0v) is 27.4. The summed E-state index contributed by atoms with van der Waals surface area (Å²) in [5.41, 5.74) is 3.59. The molecule has 43 heavy (non-hydrogen) atoms. The summed E-state index contributed by atoms with van der Waals surface area (Å²) < 4.78 is 26.3. The molecule has 0 fully saturated rings. The minimum Gasteiger partial charge on any atom is -0.407 e. The summed E-state index contributed by atoms with van der Waals surface area (Å²) in [6.45, 7) is 18.5. The fourth-order valence-electron chi connectivity index (χ4n) is 6.00. The van der Waals surface area contributed by atoms with E-state index in [1.807, 2.05) is 91.0 Å². The van der Waals surface area contributed by atoms with Crippen LogP contribution in [-0.4, -0.2) is 42.9 Å². The summed E-state index contributed by atoms with van der Waals surface area (Å²) in [5.74, 6) is 0. The highest BCUT2D eigenvalue weighted by Crippen LogP contribution is 2.44. The first-order valence-corrected chi connectivity index (χ1v) is 17.3. The van der Waals surface area contributed by atoms with Crippen molar-refractivity contribution in [3.63, 3.8) is 0 Å². The van der Waals surface area contributed by atoms with Crippen molar-refractivity contribution in [2.45, 2.75) is 102 Å². The first-order valence-electron chi connectivity index (χ1n) is 15.2. The summed E-state index contributed by atoms with van der Waals surface area (Å²) in [4.78, 5) is 0. The van der Waals surface area contributed by atoms with Gasteiger partial charge in [0.2, 0.25) is 8.32 Å². The fourth-order valence-corrected chi connectivity index (χ4v) is 11.4. The van der Waals surface area contributed by atoms with Crippen LogP contribution in [0.4, 0.5) is 0 Å². The Morgan fingerprint density at radius 1 is 0.512 bits per heavy atom. The van der Waals surface area contributed by atoms with E-state index >= 15 is 0 Å².